The minimum atomic E-state index is 0. The molecule has 1 nitrogen and oxygen atoms in total. The molecule has 2 aromatic carbocycles. The fraction of sp³-hybridized carbons (Fsp3) is 0. The average molecular weight is 192 g/mol. The second kappa shape index (κ2) is 5.86. The van der Waals surface area contributed by atoms with Crippen LogP contribution in [0, 0.1) is 6.07 Å². The molecule has 0 amide bonds. The van der Waals surface area contributed by atoms with Gasteiger partial charge in [-0.1, -0.05) is 18.2 Å². The third-order valence-electron chi connectivity index (χ3n) is 1.67. The van der Waals surface area contributed by atoms with Crippen molar-refractivity contribution in [2.45, 2.75) is 0 Å². The largest absolute Gasteiger partial charge is 1.00 e. The molecule has 0 aliphatic carbocycles. The SMILES string of the molecule is [Na+].[c-]1ccc(Oc2ccccc2)cc1. The molecule has 0 saturated carbocycles. The maximum Gasteiger partial charge on any atom is 1.00 e. The summed E-state index contributed by atoms with van der Waals surface area (Å²) in [6.07, 6.45) is 0. The van der Waals surface area contributed by atoms with Gasteiger partial charge in [0.25, 0.3) is 0 Å². The maximum absolute atomic E-state index is 5.56. The van der Waals surface area contributed by atoms with Crippen molar-refractivity contribution in [3.8, 4) is 11.5 Å². The fourth-order valence-electron chi connectivity index (χ4n) is 1.06. The van der Waals surface area contributed by atoms with Crippen molar-refractivity contribution in [1.29, 1.82) is 0 Å². The van der Waals surface area contributed by atoms with Crippen LogP contribution >= 0.6 is 0 Å². The van der Waals surface area contributed by atoms with Gasteiger partial charge in [0.05, 0.1) is 0 Å². The molecular weight excluding hydrogens is 183 g/mol. The van der Waals surface area contributed by atoms with Crippen molar-refractivity contribution in [1.82, 2.24) is 0 Å². The van der Waals surface area contributed by atoms with Gasteiger partial charge < -0.3 is 4.74 Å². The number of ether oxygens (including phenoxy) is 1. The third kappa shape index (κ3) is 3.18. The first-order chi connectivity index (χ1) is 6.45. The molecule has 14 heavy (non-hydrogen) atoms. The van der Waals surface area contributed by atoms with E-state index in [2.05, 4.69) is 6.07 Å². The second-order valence-electron chi connectivity index (χ2n) is 2.65. The zero-order valence-corrected chi connectivity index (χ0v) is 10.1. The molecule has 2 heteroatoms. The van der Waals surface area contributed by atoms with Crippen molar-refractivity contribution in [3.05, 3.63) is 60.7 Å². The van der Waals surface area contributed by atoms with Crippen LogP contribution in [0.2, 0.25) is 0 Å². The number of para-hydroxylation sites is 1. The number of benzene rings is 2. The predicted molar refractivity (Wildman–Crippen MR) is 51.8 cm³/mol. The molecule has 0 aliphatic rings. The zero-order valence-electron chi connectivity index (χ0n) is 8.10. The van der Waals surface area contributed by atoms with Gasteiger partial charge in [-0.15, -0.1) is 12.1 Å². The molecule has 2 aromatic rings. The van der Waals surface area contributed by atoms with Crippen molar-refractivity contribution >= 4 is 0 Å². The molecule has 0 bridgehead atoms. The molecule has 0 N–H and O–H groups in total. The maximum atomic E-state index is 5.56. The molecule has 0 atom stereocenters. The van der Waals surface area contributed by atoms with Gasteiger partial charge in [0.2, 0.25) is 0 Å². The topological polar surface area (TPSA) is 9.23 Å². The van der Waals surface area contributed by atoms with E-state index in [1.807, 2.05) is 54.6 Å². The van der Waals surface area contributed by atoms with E-state index in [1.54, 1.807) is 0 Å². The second-order valence-corrected chi connectivity index (χ2v) is 2.65. The summed E-state index contributed by atoms with van der Waals surface area (Å²) >= 11 is 0. The van der Waals surface area contributed by atoms with E-state index in [4.69, 9.17) is 4.74 Å². The van der Waals surface area contributed by atoms with Crippen molar-refractivity contribution in [2.24, 2.45) is 0 Å². The van der Waals surface area contributed by atoms with E-state index in [0.717, 1.165) is 11.5 Å². The quantitative estimate of drug-likeness (QED) is 0.490. The summed E-state index contributed by atoms with van der Waals surface area (Å²) in [5.74, 6) is 1.69. The Morgan fingerprint density at radius 2 is 1.36 bits per heavy atom. The van der Waals surface area contributed by atoms with Gasteiger partial charge >= 0.3 is 29.6 Å². The minimum absolute atomic E-state index is 0. The summed E-state index contributed by atoms with van der Waals surface area (Å²) in [6.45, 7) is 0. The van der Waals surface area contributed by atoms with Gasteiger partial charge in [0.1, 0.15) is 5.75 Å². The minimum Gasteiger partial charge on any atom is -0.483 e. The van der Waals surface area contributed by atoms with Crippen LogP contribution in [-0.2, 0) is 0 Å². The first-order valence-electron chi connectivity index (χ1n) is 4.14. The summed E-state index contributed by atoms with van der Waals surface area (Å²) in [4.78, 5) is 0. The molecule has 0 unspecified atom stereocenters. The summed E-state index contributed by atoms with van der Waals surface area (Å²) in [5.41, 5.74) is 0. The predicted octanol–water partition coefficient (Wildman–Crippen LogP) is 0.283. The average Bonchev–Trinajstić information content (AvgIpc) is 2.21. The van der Waals surface area contributed by atoms with Crippen LogP contribution in [0.5, 0.6) is 11.5 Å². The van der Waals surface area contributed by atoms with Crippen LogP contribution in [0.4, 0.5) is 0 Å². The molecule has 0 heterocycles. The van der Waals surface area contributed by atoms with E-state index in [-0.39, 0.29) is 29.6 Å². The first-order valence-corrected chi connectivity index (χ1v) is 4.14. The van der Waals surface area contributed by atoms with Crippen LogP contribution in [0.25, 0.3) is 0 Å². The number of rotatable bonds is 2. The molecule has 0 spiro atoms. The van der Waals surface area contributed by atoms with Gasteiger partial charge in [-0.3, -0.25) is 0 Å². The van der Waals surface area contributed by atoms with Gasteiger partial charge in [-0.25, -0.2) is 0 Å². The molecule has 2 rings (SSSR count). The Kier molecular flexibility index (Phi) is 4.74. The summed E-state index contributed by atoms with van der Waals surface area (Å²) in [7, 11) is 0. The zero-order chi connectivity index (χ0) is 8.93. The molecular formula is C12H9NaO. The van der Waals surface area contributed by atoms with Crippen LogP contribution in [0.3, 0.4) is 0 Å². The van der Waals surface area contributed by atoms with E-state index in [1.165, 1.54) is 0 Å². The molecule has 0 radical (unpaired) electrons. The Balaban J connectivity index is 0.000000980. The first kappa shape index (κ1) is 11.3. The van der Waals surface area contributed by atoms with Crippen LogP contribution in [0.1, 0.15) is 0 Å². The Labute approximate surface area is 106 Å². The van der Waals surface area contributed by atoms with Crippen LogP contribution in [-0.4, -0.2) is 0 Å². The van der Waals surface area contributed by atoms with Gasteiger partial charge in [0, 0.05) is 5.75 Å². The molecule has 0 aromatic heterocycles. The Bertz CT molecular complexity index is 321. The number of hydrogen-bond acceptors (Lipinski definition) is 1. The molecule has 0 fully saturated rings. The molecule has 0 aliphatic heterocycles. The van der Waals surface area contributed by atoms with E-state index < -0.39 is 0 Å². The van der Waals surface area contributed by atoms with Gasteiger partial charge in [-0.2, -0.15) is 18.2 Å². The third-order valence-corrected chi connectivity index (χ3v) is 1.67. The fourth-order valence-corrected chi connectivity index (χ4v) is 1.06. The molecule has 64 valence electrons. The Hall–Kier alpha value is -0.760. The summed E-state index contributed by atoms with van der Waals surface area (Å²) < 4.78 is 5.56. The van der Waals surface area contributed by atoms with E-state index in [0.29, 0.717) is 0 Å². The van der Waals surface area contributed by atoms with Crippen LogP contribution in [0.15, 0.2) is 54.6 Å². The van der Waals surface area contributed by atoms with E-state index >= 15 is 0 Å². The van der Waals surface area contributed by atoms with E-state index in [9.17, 15) is 0 Å². The van der Waals surface area contributed by atoms with Gasteiger partial charge in [0.15, 0.2) is 0 Å². The standard InChI is InChI=1S/C12H9O.Na/c1-3-7-11(8-4-1)13-12-9-5-2-6-10-12;/h1,3-10H;/q-1;+1. The summed E-state index contributed by atoms with van der Waals surface area (Å²) in [6, 6.07) is 20.1. The van der Waals surface area contributed by atoms with Crippen molar-refractivity contribution in [3.63, 3.8) is 0 Å². The Morgan fingerprint density at radius 3 is 2.00 bits per heavy atom. The monoisotopic (exact) mass is 192 g/mol. The van der Waals surface area contributed by atoms with Crippen molar-refractivity contribution < 1.29 is 34.3 Å². The number of hydrogen-bond donors (Lipinski definition) is 0. The summed E-state index contributed by atoms with van der Waals surface area (Å²) in [5, 5.41) is 0. The Morgan fingerprint density at radius 1 is 0.786 bits per heavy atom. The smallest absolute Gasteiger partial charge is 0.483 e. The van der Waals surface area contributed by atoms with Crippen LogP contribution < -0.4 is 34.3 Å². The van der Waals surface area contributed by atoms with Crippen molar-refractivity contribution in [2.75, 3.05) is 0 Å². The normalized spacial score (nSPS) is 8.86. The van der Waals surface area contributed by atoms with Gasteiger partial charge in [-0.05, 0) is 12.1 Å². The molecule has 0 saturated heterocycles.